The predicted molar refractivity (Wildman–Crippen MR) is 68.9 cm³/mol. The standard InChI is InChI=1S/C14H21NO2/c1-12(2)17-11-14(16)15(3)10-9-13-7-5-4-6-8-13/h4-8,12H,9-11H2,1-3H3. The molecule has 0 radical (unpaired) electrons. The molecule has 3 heteroatoms. The Morgan fingerprint density at radius 2 is 1.94 bits per heavy atom. The van der Waals surface area contributed by atoms with E-state index < -0.39 is 0 Å². The normalized spacial score (nSPS) is 10.6. The summed E-state index contributed by atoms with van der Waals surface area (Å²) in [5, 5.41) is 0. The van der Waals surface area contributed by atoms with Crippen molar-refractivity contribution in [2.45, 2.75) is 26.4 Å². The van der Waals surface area contributed by atoms with Gasteiger partial charge in [-0.3, -0.25) is 4.79 Å². The fraction of sp³-hybridized carbons (Fsp3) is 0.500. The summed E-state index contributed by atoms with van der Waals surface area (Å²) >= 11 is 0. The van der Waals surface area contributed by atoms with Gasteiger partial charge >= 0.3 is 0 Å². The Kier molecular flexibility index (Phi) is 5.70. The van der Waals surface area contributed by atoms with Crippen LogP contribution in [0.4, 0.5) is 0 Å². The number of carbonyl (C=O) groups is 1. The van der Waals surface area contributed by atoms with Gasteiger partial charge in [0.2, 0.25) is 5.91 Å². The smallest absolute Gasteiger partial charge is 0.248 e. The van der Waals surface area contributed by atoms with Crippen LogP contribution in [0.25, 0.3) is 0 Å². The third-order valence-electron chi connectivity index (χ3n) is 2.54. The summed E-state index contributed by atoms with van der Waals surface area (Å²) in [4.78, 5) is 13.4. The predicted octanol–water partition coefficient (Wildman–Crippen LogP) is 2.11. The molecule has 0 saturated heterocycles. The lowest BCUT2D eigenvalue weighted by Gasteiger charge is -2.18. The van der Waals surface area contributed by atoms with Gasteiger partial charge in [0.05, 0.1) is 6.10 Å². The number of likely N-dealkylation sites (N-methyl/N-ethyl adjacent to an activating group) is 1. The molecular weight excluding hydrogens is 214 g/mol. The molecule has 0 aliphatic heterocycles. The molecule has 0 saturated carbocycles. The van der Waals surface area contributed by atoms with Gasteiger partial charge in [-0.15, -0.1) is 0 Å². The SMILES string of the molecule is CC(C)OCC(=O)N(C)CCc1ccccc1. The lowest BCUT2D eigenvalue weighted by Crippen LogP contribution is -2.32. The molecule has 0 aliphatic rings. The summed E-state index contributed by atoms with van der Waals surface area (Å²) < 4.78 is 5.29. The van der Waals surface area contributed by atoms with Crippen molar-refractivity contribution in [3.05, 3.63) is 35.9 Å². The van der Waals surface area contributed by atoms with Gasteiger partial charge in [-0.1, -0.05) is 30.3 Å². The highest BCUT2D eigenvalue weighted by Gasteiger charge is 2.09. The molecule has 1 aromatic rings. The molecule has 0 unspecified atom stereocenters. The fourth-order valence-electron chi connectivity index (χ4n) is 1.41. The minimum Gasteiger partial charge on any atom is -0.369 e. The summed E-state index contributed by atoms with van der Waals surface area (Å²) in [6.07, 6.45) is 0.978. The van der Waals surface area contributed by atoms with E-state index in [1.807, 2.05) is 39.1 Å². The second-order valence-corrected chi connectivity index (χ2v) is 4.41. The largest absolute Gasteiger partial charge is 0.369 e. The van der Waals surface area contributed by atoms with Crippen molar-refractivity contribution in [1.82, 2.24) is 4.90 Å². The Bertz CT molecular complexity index is 335. The maximum absolute atomic E-state index is 11.7. The number of carbonyl (C=O) groups excluding carboxylic acids is 1. The molecule has 94 valence electrons. The number of ether oxygens (including phenoxy) is 1. The fourth-order valence-corrected chi connectivity index (χ4v) is 1.41. The van der Waals surface area contributed by atoms with Crippen LogP contribution >= 0.6 is 0 Å². The molecule has 0 heterocycles. The minimum absolute atomic E-state index is 0.0367. The summed E-state index contributed by atoms with van der Waals surface area (Å²) in [7, 11) is 1.81. The van der Waals surface area contributed by atoms with Crippen molar-refractivity contribution in [2.75, 3.05) is 20.2 Å². The molecule has 3 nitrogen and oxygen atoms in total. The van der Waals surface area contributed by atoms with E-state index in [9.17, 15) is 4.79 Å². The van der Waals surface area contributed by atoms with E-state index in [0.717, 1.165) is 13.0 Å². The maximum atomic E-state index is 11.7. The van der Waals surface area contributed by atoms with Gasteiger partial charge in [0, 0.05) is 13.6 Å². The van der Waals surface area contributed by atoms with E-state index in [2.05, 4.69) is 12.1 Å². The second-order valence-electron chi connectivity index (χ2n) is 4.41. The average Bonchev–Trinajstić information content (AvgIpc) is 2.34. The first-order valence-electron chi connectivity index (χ1n) is 5.99. The second kappa shape index (κ2) is 7.07. The van der Waals surface area contributed by atoms with Crippen molar-refractivity contribution in [3.8, 4) is 0 Å². The zero-order valence-electron chi connectivity index (χ0n) is 10.8. The highest BCUT2D eigenvalue weighted by Crippen LogP contribution is 2.01. The number of benzene rings is 1. The van der Waals surface area contributed by atoms with Gasteiger partial charge in [-0.25, -0.2) is 0 Å². The summed E-state index contributed by atoms with van der Waals surface area (Å²) in [6, 6.07) is 10.2. The van der Waals surface area contributed by atoms with Crippen LogP contribution in [0.2, 0.25) is 0 Å². The third-order valence-corrected chi connectivity index (χ3v) is 2.54. The summed E-state index contributed by atoms with van der Waals surface area (Å²) in [6.45, 7) is 4.75. The molecule has 17 heavy (non-hydrogen) atoms. The molecule has 0 spiro atoms. The Morgan fingerprint density at radius 1 is 1.29 bits per heavy atom. The van der Waals surface area contributed by atoms with Crippen molar-refractivity contribution in [3.63, 3.8) is 0 Å². The highest BCUT2D eigenvalue weighted by molar-refractivity contribution is 5.77. The number of rotatable bonds is 6. The first kappa shape index (κ1) is 13.7. The molecular formula is C14H21NO2. The van der Waals surface area contributed by atoms with Crippen LogP contribution in [-0.2, 0) is 16.0 Å². The van der Waals surface area contributed by atoms with Gasteiger partial charge in [-0.05, 0) is 25.8 Å². The van der Waals surface area contributed by atoms with Crippen LogP contribution < -0.4 is 0 Å². The van der Waals surface area contributed by atoms with Crippen LogP contribution in [0.3, 0.4) is 0 Å². The molecule has 1 aromatic carbocycles. The van der Waals surface area contributed by atoms with Crippen LogP contribution in [0.1, 0.15) is 19.4 Å². The average molecular weight is 235 g/mol. The van der Waals surface area contributed by atoms with Crippen molar-refractivity contribution >= 4 is 5.91 Å². The van der Waals surface area contributed by atoms with Gasteiger partial charge in [0.25, 0.3) is 0 Å². The van der Waals surface area contributed by atoms with E-state index in [0.29, 0.717) is 0 Å². The van der Waals surface area contributed by atoms with E-state index >= 15 is 0 Å². The molecule has 0 aliphatic carbocycles. The first-order chi connectivity index (χ1) is 8.09. The zero-order valence-corrected chi connectivity index (χ0v) is 10.8. The minimum atomic E-state index is 0.0367. The Hall–Kier alpha value is -1.35. The number of hydrogen-bond acceptors (Lipinski definition) is 2. The van der Waals surface area contributed by atoms with Crippen LogP contribution in [0.5, 0.6) is 0 Å². The monoisotopic (exact) mass is 235 g/mol. The Labute approximate surface area is 103 Å². The van der Waals surface area contributed by atoms with Crippen LogP contribution in [0, 0.1) is 0 Å². The summed E-state index contributed by atoms with van der Waals surface area (Å²) in [5.41, 5.74) is 1.25. The lowest BCUT2D eigenvalue weighted by atomic mass is 10.1. The van der Waals surface area contributed by atoms with Crippen molar-refractivity contribution in [2.24, 2.45) is 0 Å². The van der Waals surface area contributed by atoms with Gasteiger partial charge in [0.15, 0.2) is 0 Å². The van der Waals surface area contributed by atoms with Crippen molar-refractivity contribution in [1.29, 1.82) is 0 Å². The van der Waals surface area contributed by atoms with Gasteiger partial charge < -0.3 is 9.64 Å². The summed E-state index contributed by atoms with van der Waals surface area (Å²) in [5.74, 6) is 0.0367. The number of amides is 1. The van der Waals surface area contributed by atoms with E-state index in [4.69, 9.17) is 4.74 Å². The Balaban J connectivity index is 2.29. The van der Waals surface area contributed by atoms with Crippen LogP contribution in [0.15, 0.2) is 30.3 Å². The molecule has 1 amide bonds. The van der Waals surface area contributed by atoms with E-state index in [1.54, 1.807) is 4.90 Å². The molecule has 0 aromatic heterocycles. The molecule has 0 fully saturated rings. The number of hydrogen-bond donors (Lipinski definition) is 0. The van der Waals surface area contributed by atoms with E-state index in [1.165, 1.54) is 5.56 Å². The molecule has 0 atom stereocenters. The van der Waals surface area contributed by atoms with Crippen molar-refractivity contribution < 1.29 is 9.53 Å². The van der Waals surface area contributed by atoms with Gasteiger partial charge in [0.1, 0.15) is 6.61 Å². The topological polar surface area (TPSA) is 29.5 Å². The zero-order chi connectivity index (χ0) is 12.7. The lowest BCUT2D eigenvalue weighted by molar-refractivity contribution is -0.136. The Morgan fingerprint density at radius 3 is 2.53 bits per heavy atom. The first-order valence-corrected chi connectivity index (χ1v) is 5.99. The molecule has 0 bridgehead atoms. The quantitative estimate of drug-likeness (QED) is 0.756. The molecule has 0 N–H and O–H groups in total. The third kappa shape index (κ3) is 5.50. The number of nitrogens with zero attached hydrogens (tertiary/aromatic N) is 1. The van der Waals surface area contributed by atoms with Crippen LogP contribution in [-0.4, -0.2) is 37.1 Å². The maximum Gasteiger partial charge on any atom is 0.248 e. The highest BCUT2D eigenvalue weighted by atomic mass is 16.5. The van der Waals surface area contributed by atoms with Gasteiger partial charge in [-0.2, -0.15) is 0 Å². The molecule has 1 rings (SSSR count). The van der Waals surface area contributed by atoms with E-state index in [-0.39, 0.29) is 18.6 Å².